The van der Waals surface area contributed by atoms with Gasteiger partial charge in [0, 0.05) is 29.9 Å². The van der Waals surface area contributed by atoms with Gasteiger partial charge in [-0.05, 0) is 17.7 Å². The van der Waals surface area contributed by atoms with E-state index in [2.05, 4.69) is 0 Å². The van der Waals surface area contributed by atoms with Gasteiger partial charge in [-0.2, -0.15) is 0 Å². The maximum atomic E-state index is 6.04. The number of nitrogens with zero attached hydrogens (tertiary/aromatic N) is 1. The first-order chi connectivity index (χ1) is 7.00. The molecule has 0 N–H and O–H groups in total. The van der Waals surface area contributed by atoms with Crippen molar-refractivity contribution >= 4 is 51.5 Å². The maximum Gasteiger partial charge on any atom is 0.136 e. The summed E-state index contributed by atoms with van der Waals surface area (Å²) in [5.74, 6) is 0.771. The Morgan fingerprint density at radius 1 is 1.40 bits per heavy atom. The number of thiocarbonyl (C=S) groups is 1. The van der Waals surface area contributed by atoms with Crippen molar-refractivity contribution in [1.82, 2.24) is 4.90 Å². The van der Waals surface area contributed by atoms with E-state index in [9.17, 15) is 0 Å². The topological polar surface area (TPSA) is 3.24 Å². The van der Waals surface area contributed by atoms with Gasteiger partial charge in [-0.15, -0.1) is 0 Å². The largest absolute Gasteiger partial charge is 0.364 e. The molecule has 1 aromatic rings. The molecule has 0 saturated carbocycles. The molecule has 0 aliphatic rings. The zero-order valence-electron chi connectivity index (χ0n) is 8.46. The Kier molecular flexibility index (Phi) is 5.19. The van der Waals surface area contributed by atoms with Crippen molar-refractivity contribution in [3.8, 4) is 0 Å². The third kappa shape index (κ3) is 4.19. The Morgan fingerprint density at radius 3 is 2.60 bits per heavy atom. The van der Waals surface area contributed by atoms with Gasteiger partial charge in [0.25, 0.3) is 0 Å². The molecule has 0 fully saturated rings. The normalized spacial score (nSPS) is 10.1. The minimum absolute atomic E-state index is 0.656. The first-order valence-corrected chi connectivity index (χ1v) is 6.43. The fourth-order valence-corrected chi connectivity index (χ4v) is 2.43. The molecule has 15 heavy (non-hydrogen) atoms. The second kappa shape index (κ2) is 5.94. The predicted molar refractivity (Wildman–Crippen MR) is 74.0 cm³/mol. The van der Waals surface area contributed by atoms with Gasteiger partial charge in [0.1, 0.15) is 4.32 Å². The quantitative estimate of drug-likeness (QED) is 0.752. The van der Waals surface area contributed by atoms with Gasteiger partial charge in [0.15, 0.2) is 0 Å². The molecule has 0 saturated heterocycles. The highest BCUT2D eigenvalue weighted by Gasteiger charge is 2.04. The molecule has 0 atom stereocenters. The van der Waals surface area contributed by atoms with Gasteiger partial charge in [0.2, 0.25) is 0 Å². The summed E-state index contributed by atoms with van der Waals surface area (Å²) in [6, 6.07) is 5.51. The number of benzene rings is 1. The van der Waals surface area contributed by atoms with Crippen LogP contribution in [0.25, 0.3) is 0 Å². The zero-order chi connectivity index (χ0) is 11.4. The average molecular weight is 280 g/mol. The van der Waals surface area contributed by atoms with E-state index in [-0.39, 0.29) is 0 Å². The molecule has 1 aromatic carbocycles. The van der Waals surface area contributed by atoms with E-state index in [0.717, 1.165) is 15.6 Å². The molecule has 0 spiro atoms. The molecular weight excluding hydrogens is 269 g/mol. The molecule has 0 aromatic heterocycles. The van der Waals surface area contributed by atoms with Crippen LogP contribution in [-0.4, -0.2) is 23.3 Å². The van der Waals surface area contributed by atoms with Crippen LogP contribution in [0.2, 0.25) is 10.0 Å². The van der Waals surface area contributed by atoms with Crippen LogP contribution in [0.1, 0.15) is 5.56 Å². The van der Waals surface area contributed by atoms with Crippen LogP contribution in [0.4, 0.5) is 0 Å². The van der Waals surface area contributed by atoms with Crippen LogP contribution in [0.5, 0.6) is 0 Å². The standard InChI is InChI=1S/C10H11Cl2NS2/c1-13(2)10(14)15-6-7-3-4-8(11)5-9(7)12/h3-5H,6H2,1-2H3. The third-order valence-corrected chi connectivity index (χ3v) is 4.10. The Labute approximate surface area is 110 Å². The summed E-state index contributed by atoms with van der Waals surface area (Å²) in [6.45, 7) is 0. The lowest BCUT2D eigenvalue weighted by atomic mass is 10.2. The highest BCUT2D eigenvalue weighted by atomic mass is 35.5. The van der Waals surface area contributed by atoms with Crippen molar-refractivity contribution < 1.29 is 0 Å². The molecule has 1 nitrogen and oxygen atoms in total. The Morgan fingerprint density at radius 2 is 2.07 bits per heavy atom. The van der Waals surface area contributed by atoms with Crippen molar-refractivity contribution in [1.29, 1.82) is 0 Å². The molecule has 0 aliphatic carbocycles. The van der Waals surface area contributed by atoms with Crippen LogP contribution in [0, 0.1) is 0 Å². The Balaban J connectivity index is 2.62. The van der Waals surface area contributed by atoms with Crippen molar-refractivity contribution in [3.05, 3.63) is 33.8 Å². The summed E-state index contributed by atoms with van der Waals surface area (Å²) in [7, 11) is 3.86. The molecule has 0 aliphatic heterocycles. The molecule has 5 heteroatoms. The first-order valence-electron chi connectivity index (χ1n) is 4.28. The number of rotatable bonds is 2. The van der Waals surface area contributed by atoms with Gasteiger partial charge in [0.05, 0.1) is 0 Å². The highest BCUT2D eigenvalue weighted by Crippen LogP contribution is 2.25. The first kappa shape index (κ1) is 13.1. The second-order valence-corrected chi connectivity index (χ2v) is 5.64. The summed E-state index contributed by atoms with van der Waals surface area (Å²) < 4.78 is 0.848. The molecule has 0 heterocycles. The molecule has 0 bridgehead atoms. The van der Waals surface area contributed by atoms with Crippen LogP contribution in [0.15, 0.2) is 18.2 Å². The number of thioether (sulfide) groups is 1. The summed E-state index contributed by atoms with van der Waals surface area (Å²) in [4.78, 5) is 1.91. The summed E-state index contributed by atoms with van der Waals surface area (Å²) in [5.41, 5.74) is 1.05. The van der Waals surface area contributed by atoms with E-state index in [1.54, 1.807) is 17.8 Å². The summed E-state index contributed by atoms with van der Waals surface area (Å²) >= 11 is 18.6. The van der Waals surface area contributed by atoms with Gasteiger partial charge >= 0.3 is 0 Å². The monoisotopic (exact) mass is 279 g/mol. The molecular formula is C10H11Cl2NS2. The number of halogens is 2. The van der Waals surface area contributed by atoms with Gasteiger partial charge < -0.3 is 4.90 Å². The summed E-state index contributed by atoms with van der Waals surface area (Å²) in [6.07, 6.45) is 0. The van der Waals surface area contributed by atoms with Crippen molar-refractivity contribution in [2.75, 3.05) is 14.1 Å². The lowest BCUT2D eigenvalue weighted by Gasteiger charge is -2.13. The molecule has 0 unspecified atom stereocenters. The summed E-state index contributed by atoms with van der Waals surface area (Å²) in [5, 5.41) is 1.35. The molecule has 1 rings (SSSR count). The van der Waals surface area contributed by atoms with Gasteiger partial charge in [-0.25, -0.2) is 0 Å². The molecule has 0 radical (unpaired) electrons. The lowest BCUT2D eigenvalue weighted by Crippen LogP contribution is -2.16. The van der Waals surface area contributed by atoms with Gasteiger partial charge in [-0.1, -0.05) is 53.2 Å². The van der Waals surface area contributed by atoms with Crippen LogP contribution in [-0.2, 0) is 5.75 Å². The van der Waals surface area contributed by atoms with Crippen LogP contribution < -0.4 is 0 Å². The second-order valence-electron chi connectivity index (χ2n) is 3.18. The van der Waals surface area contributed by atoms with Crippen LogP contribution >= 0.6 is 47.2 Å². The minimum Gasteiger partial charge on any atom is -0.364 e. The SMILES string of the molecule is CN(C)C(=S)SCc1ccc(Cl)cc1Cl. The minimum atomic E-state index is 0.656. The van der Waals surface area contributed by atoms with E-state index >= 15 is 0 Å². The fraction of sp³-hybridized carbons (Fsp3) is 0.300. The van der Waals surface area contributed by atoms with Gasteiger partial charge in [-0.3, -0.25) is 0 Å². The Hall–Kier alpha value is 0.0400. The van der Waals surface area contributed by atoms with Crippen molar-refractivity contribution in [2.45, 2.75) is 5.75 Å². The number of hydrogen-bond acceptors (Lipinski definition) is 2. The van der Waals surface area contributed by atoms with E-state index in [1.165, 1.54) is 0 Å². The maximum absolute atomic E-state index is 6.04. The highest BCUT2D eigenvalue weighted by molar-refractivity contribution is 8.22. The molecule has 0 amide bonds. The average Bonchev–Trinajstić information content (AvgIpc) is 2.15. The van der Waals surface area contributed by atoms with Crippen molar-refractivity contribution in [3.63, 3.8) is 0 Å². The predicted octanol–water partition coefficient (Wildman–Crippen LogP) is 4.07. The Bertz CT molecular complexity index is 366. The third-order valence-electron chi connectivity index (χ3n) is 1.73. The number of hydrogen-bond donors (Lipinski definition) is 0. The zero-order valence-corrected chi connectivity index (χ0v) is 11.6. The molecule has 82 valence electrons. The smallest absolute Gasteiger partial charge is 0.136 e. The van der Waals surface area contributed by atoms with Crippen LogP contribution in [0.3, 0.4) is 0 Å². The van der Waals surface area contributed by atoms with Crippen molar-refractivity contribution in [2.24, 2.45) is 0 Å². The van der Waals surface area contributed by atoms with E-state index < -0.39 is 0 Å². The van der Waals surface area contributed by atoms with E-state index in [4.69, 9.17) is 35.4 Å². The van der Waals surface area contributed by atoms with E-state index in [1.807, 2.05) is 31.1 Å². The fourth-order valence-electron chi connectivity index (χ4n) is 0.907. The van der Waals surface area contributed by atoms with E-state index in [0.29, 0.717) is 10.0 Å². The lowest BCUT2D eigenvalue weighted by molar-refractivity contribution is 0.648.